The van der Waals surface area contributed by atoms with Gasteiger partial charge in [-0.25, -0.2) is 8.42 Å². The zero-order valence-corrected chi connectivity index (χ0v) is 18.0. The Morgan fingerprint density at radius 1 is 1.10 bits per heavy atom. The normalized spacial score (nSPS) is 14.5. The van der Waals surface area contributed by atoms with Gasteiger partial charge in [0.1, 0.15) is 0 Å². The molecule has 1 aliphatic heterocycles. The van der Waals surface area contributed by atoms with E-state index >= 15 is 0 Å². The van der Waals surface area contributed by atoms with Gasteiger partial charge in [-0.3, -0.25) is 4.72 Å². The minimum atomic E-state index is -3.99. The van der Waals surface area contributed by atoms with Gasteiger partial charge in [0.2, 0.25) is 0 Å². The second-order valence-electron chi connectivity index (χ2n) is 6.81. The molecule has 2 N–H and O–H groups in total. The molecule has 1 aliphatic rings. The number of ether oxygens (including phenoxy) is 3. The summed E-state index contributed by atoms with van der Waals surface area (Å²) in [6.07, 6.45) is 0. The molecule has 31 heavy (non-hydrogen) atoms. The molecule has 1 fully saturated rings. The average Bonchev–Trinajstić information content (AvgIpc) is 2.74. The van der Waals surface area contributed by atoms with E-state index in [0.29, 0.717) is 6.61 Å². The zero-order chi connectivity index (χ0) is 22.4. The molecule has 11 heteroatoms. The molecule has 0 unspecified atom stereocenters. The Bertz CT molecular complexity index is 998. The Hall–Kier alpha value is -2.63. The van der Waals surface area contributed by atoms with Crippen molar-refractivity contribution in [3.63, 3.8) is 0 Å². The molecule has 0 bridgehead atoms. The number of halogens is 2. The van der Waals surface area contributed by atoms with Crippen molar-refractivity contribution in [2.45, 2.75) is 18.1 Å². The molecule has 2 aromatic carbocycles. The third kappa shape index (κ3) is 5.75. The SMILES string of the molecule is COCc1ccc(S(=O)(=O)Nc2ccc(OC)c(OC(F)F)c2)cc1N1CCNCC1. The molecule has 0 aliphatic carbocycles. The highest BCUT2D eigenvalue weighted by atomic mass is 32.2. The molecule has 1 saturated heterocycles. The molecule has 0 atom stereocenters. The predicted octanol–water partition coefficient (Wildman–Crippen LogP) is 2.65. The van der Waals surface area contributed by atoms with Gasteiger partial charge in [0, 0.05) is 50.6 Å². The maximum absolute atomic E-state index is 13.0. The minimum Gasteiger partial charge on any atom is -0.493 e. The summed E-state index contributed by atoms with van der Waals surface area (Å²) in [7, 11) is -1.11. The molecular formula is C20H25F2N3O5S. The van der Waals surface area contributed by atoms with Gasteiger partial charge in [0.25, 0.3) is 10.0 Å². The topological polar surface area (TPSA) is 89.1 Å². The first kappa shape index (κ1) is 23.0. The third-order valence-electron chi connectivity index (χ3n) is 4.76. The Kier molecular flexibility index (Phi) is 7.52. The zero-order valence-electron chi connectivity index (χ0n) is 17.2. The van der Waals surface area contributed by atoms with E-state index in [1.807, 2.05) is 0 Å². The highest BCUT2D eigenvalue weighted by Crippen LogP contribution is 2.33. The fourth-order valence-electron chi connectivity index (χ4n) is 3.33. The van der Waals surface area contributed by atoms with Gasteiger partial charge in [-0.2, -0.15) is 8.78 Å². The van der Waals surface area contributed by atoms with Crippen LogP contribution in [0.15, 0.2) is 41.3 Å². The fraction of sp³-hybridized carbons (Fsp3) is 0.400. The fourth-order valence-corrected chi connectivity index (χ4v) is 4.40. The van der Waals surface area contributed by atoms with E-state index in [9.17, 15) is 17.2 Å². The highest BCUT2D eigenvalue weighted by molar-refractivity contribution is 7.92. The van der Waals surface area contributed by atoms with E-state index in [4.69, 9.17) is 9.47 Å². The molecule has 0 spiro atoms. The van der Waals surface area contributed by atoms with E-state index in [1.165, 1.54) is 25.3 Å². The lowest BCUT2D eigenvalue weighted by Gasteiger charge is -2.31. The molecule has 170 valence electrons. The molecule has 0 saturated carbocycles. The maximum atomic E-state index is 13.0. The Labute approximate surface area is 180 Å². The Balaban J connectivity index is 1.91. The molecule has 8 nitrogen and oxygen atoms in total. The van der Waals surface area contributed by atoms with E-state index in [-0.39, 0.29) is 22.1 Å². The first-order chi connectivity index (χ1) is 14.8. The van der Waals surface area contributed by atoms with Crippen LogP contribution in [0.3, 0.4) is 0 Å². The summed E-state index contributed by atoms with van der Waals surface area (Å²) in [5, 5.41) is 3.26. The van der Waals surface area contributed by atoms with Crippen molar-refractivity contribution in [3.05, 3.63) is 42.0 Å². The highest BCUT2D eigenvalue weighted by Gasteiger charge is 2.21. The molecule has 0 aromatic heterocycles. The van der Waals surface area contributed by atoms with Crippen LogP contribution in [0.4, 0.5) is 20.2 Å². The van der Waals surface area contributed by atoms with Crippen LogP contribution < -0.4 is 24.4 Å². The quantitative estimate of drug-likeness (QED) is 0.599. The van der Waals surface area contributed by atoms with Crippen molar-refractivity contribution < 1.29 is 31.4 Å². The van der Waals surface area contributed by atoms with Crippen molar-refractivity contribution in [1.82, 2.24) is 5.32 Å². The van der Waals surface area contributed by atoms with Crippen molar-refractivity contribution >= 4 is 21.4 Å². The average molecular weight is 457 g/mol. The van der Waals surface area contributed by atoms with Crippen LogP contribution in [0.2, 0.25) is 0 Å². The molecule has 0 amide bonds. The van der Waals surface area contributed by atoms with Gasteiger partial charge in [-0.05, 0) is 24.3 Å². The number of hydrogen-bond donors (Lipinski definition) is 2. The van der Waals surface area contributed by atoms with Crippen LogP contribution in [0.5, 0.6) is 11.5 Å². The summed E-state index contributed by atoms with van der Waals surface area (Å²) in [5.41, 5.74) is 1.73. The monoisotopic (exact) mass is 457 g/mol. The van der Waals surface area contributed by atoms with Crippen LogP contribution in [0.1, 0.15) is 5.56 Å². The lowest BCUT2D eigenvalue weighted by Crippen LogP contribution is -2.44. The minimum absolute atomic E-state index is 0.0491. The van der Waals surface area contributed by atoms with Crippen molar-refractivity contribution in [2.24, 2.45) is 0 Å². The number of hydrogen-bond acceptors (Lipinski definition) is 7. The number of piperazine rings is 1. The van der Waals surface area contributed by atoms with Crippen LogP contribution in [-0.4, -0.2) is 55.4 Å². The van der Waals surface area contributed by atoms with Crippen LogP contribution in [0, 0.1) is 0 Å². The third-order valence-corrected chi connectivity index (χ3v) is 6.14. The summed E-state index contributed by atoms with van der Waals surface area (Å²) < 4.78 is 68.4. The van der Waals surface area contributed by atoms with Crippen molar-refractivity contribution in [2.75, 3.05) is 50.0 Å². The number of anilines is 2. The van der Waals surface area contributed by atoms with E-state index in [0.717, 1.165) is 43.5 Å². The number of benzene rings is 2. The summed E-state index contributed by atoms with van der Waals surface area (Å²) in [6, 6.07) is 8.72. The molecule has 1 heterocycles. The second-order valence-corrected chi connectivity index (χ2v) is 8.49. The number of methoxy groups -OCH3 is 2. The van der Waals surface area contributed by atoms with Gasteiger partial charge in [0.15, 0.2) is 11.5 Å². The van der Waals surface area contributed by atoms with Gasteiger partial charge >= 0.3 is 6.61 Å². The Morgan fingerprint density at radius 2 is 1.84 bits per heavy atom. The van der Waals surface area contributed by atoms with Gasteiger partial charge in [0.05, 0.1) is 24.3 Å². The first-order valence-electron chi connectivity index (χ1n) is 9.57. The molecule has 0 radical (unpaired) electrons. The van der Waals surface area contributed by atoms with E-state index in [1.54, 1.807) is 19.2 Å². The van der Waals surface area contributed by atoms with E-state index < -0.39 is 16.6 Å². The molecule has 2 aromatic rings. The lowest BCUT2D eigenvalue weighted by molar-refractivity contribution is -0.0511. The van der Waals surface area contributed by atoms with Gasteiger partial charge in [-0.1, -0.05) is 6.07 Å². The van der Waals surface area contributed by atoms with Crippen LogP contribution in [0.25, 0.3) is 0 Å². The lowest BCUT2D eigenvalue weighted by atomic mass is 10.1. The predicted molar refractivity (Wildman–Crippen MR) is 113 cm³/mol. The number of nitrogens with one attached hydrogen (secondary N) is 2. The Morgan fingerprint density at radius 3 is 2.48 bits per heavy atom. The number of alkyl halides is 2. The maximum Gasteiger partial charge on any atom is 0.387 e. The van der Waals surface area contributed by atoms with Crippen LogP contribution in [-0.2, 0) is 21.4 Å². The first-order valence-corrected chi connectivity index (χ1v) is 11.1. The number of sulfonamides is 1. The molecule has 3 rings (SSSR count). The van der Waals surface area contributed by atoms with E-state index in [2.05, 4.69) is 19.7 Å². The number of rotatable bonds is 9. The standard InChI is InChI=1S/C20H25F2N3O5S/c1-28-13-14-3-5-16(12-17(14)25-9-7-23-8-10-25)31(26,27)24-15-4-6-18(29-2)19(11-15)30-20(21)22/h3-6,11-12,20,23-24H,7-10,13H2,1-2H3. The summed E-state index contributed by atoms with van der Waals surface area (Å²) in [6.45, 7) is 0.331. The van der Waals surface area contributed by atoms with Gasteiger partial charge in [-0.15, -0.1) is 0 Å². The largest absolute Gasteiger partial charge is 0.493 e. The second kappa shape index (κ2) is 10.1. The smallest absolute Gasteiger partial charge is 0.387 e. The van der Waals surface area contributed by atoms with Crippen molar-refractivity contribution in [1.29, 1.82) is 0 Å². The summed E-state index contributed by atoms with van der Waals surface area (Å²) in [5.74, 6) is -0.206. The summed E-state index contributed by atoms with van der Waals surface area (Å²) >= 11 is 0. The molecular weight excluding hydrogens is 432 g/mol. The number of nitrogens with zero attached hydrogens (tertiary/aromatic N) is 1. The summed E-state index contributed by atoms with van der Waals surface area (Å²) in [4.78, 5) is 2.15. The van der Waals surface area contributed by atoms with Crippen molar-refractivity contribution in [3.8, 4) is 11.5 Å². The van der Waals surface area contributed by atoms with Gasteiger partial charge < -0.3 is 24.4 Å². The van der Waals surface area contributed by atoms with Crippen LogP contribution >= 0.6 is 0 Å².